The van der Waals surface area contributed by atoms with Crippen molar-refractivity contribution in [1.29, 1.82) is 0 Å². The van der Waals surface area contributed by atoms with Crippen LogP contribution in [0.25, 0.3) is 0 Å². The third kappa shape index (κ3) is 3.79. The molecule has 0 fully saturated rings. The third-order valence-electron chi connectivity index (χ3n) is 2.00. The normalized spacial score (nSPS) is 12.4. The molecule has 1 aromatic carbocycles. The Morgan fingerprint density at radius 3 is 2.75 bits per heavy atom. The van der Waals surface area contributed by atoms with Crippen molar-refractivity contribution in [2.24, 2.45) is 5.73 Å². The van der Waals surface area contributed by atoms with Crippen molar-refractivity contribution in [2.75, 3.05) is 18.8 Å². The Labute approximate surface area is 97.2 Å². The molecular formula is C10H13FN2O2S. The Morgan fingerprint density at radius 1 is 1.50 bits per heavy atom. The van der Waals surface area contributed by atoms with Crippen LogP contribution in [0.2, 0.25) is 0 Å². The smallest absolute Gasteiger partial charge is 0.219 e. The second-order valence-corrected chi connectivity index (χ2v) is 4.50. The maximum absolute atomic E-state index is 13.5. The Balaban J connectivity index is 2.82. The van der Waals surface area contributed by atoms with Crippen molar-refractivity contribution in [2.45, 2.75) is 5.25 Å². The topological polar surface area (TPSA) is 69.2 Å². The summed E-state index contributed by atoms with van der Waals surface area (Å²) in [6.45, 7) is 0.138. The van der Waals surface area contributed by atoms with E-state index < -0.39 is 16.0 Å². The molecule has 0 radical (unpaired) electrons. The summed E-state index contributed by atoms with van der Waals surface area (Å²) in [5.74, 6) is 0.172. The lowest BCUT2D eigenvalue weighted by atomic mass is 10.1. The Bertz CT molecular complexity index is 362. The molecule has 0 amide bonds. The van der Waals surface area contributed by atoms with Gasteiger partial charge in [0.05, 0.1) is 5.25 Å². The number of benzene rings is 1. The maximum Gasteiger partial charge on any atom is 0.219 e. The minimum absolute atomic E-state index is 0.286. The molecule has 0 saturated carbocycles. The van der Waals surface area contributed by atoms with Crippen molar-refractivity contribution < 1.29 is 9.31 Å². The standard InChI is InChI=1S/C10H13FN2O2S/c11-9-4-2-1-3-8(9)10(7-13(14)15)16-6-5-12/h1-4,10H,5-7,12H2. The van der Waals surface area contributed by atoms with Crippen LogP contribution in [-0.4, -0.2) is 23.8 Å². The fourth-order valence-electron chi connectivity index (χ4n) is 1.32. The van der Waals surface area contributed by atoms with Gasteiger partial charge in [0, 0.05) is 22.8 Å². The molecule has 4 nitrogen and oxygen atoms in total. The van der Waals surface area contributed by atoms with Crippen molar-refractivity contribution in [3.05, 3.63) is 45.8 Å². The molecule has 0 aliphatic carbocycles. The van der Waals surface area contributed by atoms with Crippen LogP contribution < -0.4 is 5.73 Å². The quantitative estimate of drug-likeness (QED) is 0.612. The van der Waals surface area contributed by atoms with Gasteiger partial charge in [-0.3, -0.25) is 10.1 Å². The van der Waals surface area contributed by atoms with E-state index in [1.54, 1.807) is 18.2 Å². The van der Waals surface area contributed by atoms with Crippen molar-refractivity contribution in [3.8, 4) is 0 Å². The molecule has 1 rings (SSSR count). The third-order valence-corrected chi connectivity index (χ3v) is 3.28. The van der Waals surface area contributed by atoms with Crippen LogP contribution >= 0.6 is 11.8 Å². The van der Waals surface area contributed by atoms with Gasteiger partial charge in [-0.15, -0.1) is 11.8 Å². The van der Waals surface area contributed by atoms with E-state index in [9.17, 15) is 14.5 Å². The van der Waals surface area contributed by atoms with Gasteiger partial charge in [0.15, 0.2) is 0 Å². The van der Waals surface area contributed by atoms with E-state index in [1.807, 2.05) is 0 Å². The van der Waals surface area contributed by atoms with E-state index in [1.165, 1.54) is 17.8 Å². The molecular weight excluding hydrogens is 231 g/mol. The molecule has 1 aromatic rings. The first-order valence-corrected chi connectivity index (χ1v) is 5.88. The lowest BCUT2D eigenvalue weighted by Crippen LogP contribution is -2.13. The fourth-order valence-corrected chi connectivity index (χ4v) is 2.34. The highest BCUT2D eigenvalue weighted by molar-refractivity contribution is 7.99. The van der Waals surface area contributed by atoms with Gasteiger partial charge in [-0.2, -0.15) is 0 Å². The van der Waals surface area contributed by atoms with Crippen molar-refractivity contribution in [1.82, 2.24) is 0 Å². The number of hydrogen-bond acceptors (Lipinski definition) is 4. The molecule has 88 valence electrons. The molecule has 0 aromatic heterocycles. The number of nitrogens with two attached hydrogens (primary N) is 1. The highest BCUT2D eigenvalue weighted by Crippen LogP contribution is 2.30. The molecule has 0 aliphatic heterocycles. The van der Waals surface area contributed by atoms with Gasteiger partial charge in [-0.25, -0.2) is 4.39 Å². The summed E-state index contributed by atoms with van der Waals surface area (Å²) in [6, 6.07) is 6.13. The molecule has 0 bridgehead atoms. The summed E-state index contributed by atoms with van der Waals surface area (Å²) in [7, 11) is 0. The number of nitro groups is 1. The predicted molar refractivity (Wildman–Crippen MR) is 62.5 cm³/mol. The Morgan fingerprint density at radius 2 is 2.19 bits per heavy atom. The zero-order chi connectivity index (χ0) is 12.0. The fraction of sp³-hybridized carbons (Fsp3) is 0.400. The zero-order valence-corrected chi connectivity index (χ0v) is 9.45. The largest absolute Gasteiger partial charge is 0.330 e. The summed E-state index contributed by atoms with van der Waals surface area (Å²) in [4.78, 5) is 10.1. The highest BCUT2D eigenvalue weighted by Gasteiger charge is 2.20. The SMILES string of the molecule is NCCSC(C[N+](=O)[O-])c1ccccc1F. The molecule has 0 spiro atoms. The van der Waals surface area contributed by atoms with Gasteiger partial charge >= 0.3 is 0 Å². The summed E-state index contributed by atoms with van der Waals surface area (Å²) in [5, 5.41) is 10.0. The summed E-state index contributed by atoms with van der Waals surface area (Å²) < 4.78 is 13.5. The number of nitrogens with zero attached hydrogens (tertiary/aromatic N) is 1. The van der Waals surface area contributed by atoms with Gasteiger partial charge in [0.25, 0.3) is 0 Å². The number of rotatable bonds is 6. The minimum Gasteiger partial charge on any atom is -0.330 e. The van der Waals surface area contributed by atoms with E-state index in [-0.39, 0.29) is 6.54 Å². The molecule has 2 N–H and O–H groups in total. The lowest BCUT2D eigenvalue weighted by molar-refractivity contribution is -0.479. The number of thioether (sulfide) groups is 1. The Hall–Kier alpha value is -1.14. The van der Waals surface area contributed by atoms with E-state index in [2.05, 4.69) is 0 Å². The van der Waals surface area contributed by atoms with E-state index in [0.29, 0.717) is 17.9 Å². The molecule has 16 heavy (non-hydrogen) atoms. The molecule has 6 heteroatoms. The summed E-state index contributed by atoms with van der Waals surface area (Å²) >= 11 is 1.31. The van der Waals surface area contributed by atoms with Crippen LogP contribution in [0, 0.1) is 15.9 Å². The molecule has 0 aliphatic rings. The monoisotopic (exact) mass is 244 g/mol. The molecule has 0 heterocycles. The van der Waals surface area contributed by atoms with Gasteiger partial charge in [0.1, 0.15) is 5.82 Å². The first-order valence-electron chi connectivity index (χ1n) is 4.83. The number of halogens is 1. The molecule has 1 atom stereocenters. The van der Waals surface area contributed by atoms with Gasteiger partial charge in [0.2, 0.25) is 6.54 Å². The van der Waals surface area contributed by atoms with Crippen LogP contribution in [0.15, 0.2) is 24.3 Å². The zero-order valence-electron chi connectivity index (χ0n) is 8.64. The first-order chi connectivity index (χ1) is 7.65. The number of hydrogen-bond donors (Lipinski definition) is 1. The second kappa shape index (κ2) is 6.44. The van der Waals surface area contributed by atoms with Crippen LogP contribution in [0.3, 0.4) is 0 Å². The van der Waals surface area contributed by atoms with E-state index in [0.717, 1.165) is 0 Å². The van der Waals surface area contributed by atoms with Crippen LogP contribution in [0.1, 0.15) is 10.8 Å². The maximum atomic E-state index is 13.5. The highest BCUT2D eigenvalue weighted by atomic mass is 32.2. The van der Waals surface area contributed by atoms with Crippen LogP contribution in [0.4, 0.5) is 4.39 Å². The van der Waals surface area contributed by atoms with E-state index >= 15 is 0 Å². The van der Waals surface area contributed by atoms with Gasteiger partial charge in [-0.1, -0.05) is 18.2 Å². The average molecular weight is 244 g/mol. The lowest BCUT2D eigenvalue weighted by Gasteiger charge is -2.12. The predicted octanol–water partition coefficient (Wildman–Crippen LogP) is 1.84. The second-order valence-electron chi connectivity index (χ2n) is 3.18. The molecule has 0 saturated heterocycles. The van der Waals surface area contributed by atoms with Crippen molar-refractivity contribution in [3.63, 3.8) is 0 Å². The van der Waals surface area contributed by atoms with Crippen LogP contribution in [0.5, 0.6) is 0 Å². The average Bonchev–Trinajstić information content (AvgIpc) is 2.24. The van der Waals surface area contributed by atoms with Gasteiger partial charge in [-0.05, 0) is 6.07 Å². The first kappa shape index (κ1) is 12.9. The summed E-state index contributed by atoms with van der Waals surface area (Å²) in [5.41, 5.74) is 5.71. The van der Waals surface area contributed by atoms with Gasteiger partial charge < -0.3 is 5.73 Å². The van der Waals surface area contributed by atoms with Crippen molar-refractivity contribution >= 4 is 11.8 Å². The van der Waals surface area contributed by atoms with Crippen LogP contribution in [-0.2, 0) is 0 Å². The molecule has 1 unspecified atom stereocenters. The summed E-state index contributed by atoms with van der Waals surface area (Å²) in [6.07, 6.45) is 0. The Kier molecular flexibility index (Phi) is 5.21. The van der Waals surface area contributed by atoms with E-state index in [4.69, 9.17) is 5.73 Å². The minimum atomic E-state index is -0.472.